The second-order valence-electron chi connectivity index (χ2n) is 8.83. The predicted octanol–water partition coefficient (Wildman–Crippen LogP) is 3.62. The quantitative estimate of drug-likeness (QED) is 0.403. The third kappa shape index (κ3) is 5.66. The van der Waals surface area contributed by atoms with Gasteiger partial charge in [-0.15, -0.1) is 0 Å². The number of ether oxygens (including phenoxy) is 1. The summed E-state index contributed by atoms with van der Waals surface area (Å²) in [6.45, 7) is 8.87. The third-order valence-corrected chi connectivity index (χ3v) is 6.39. The van der Waals surface area contributed by atoms with Gasteiger partial charge >= 0.3 is 11.6 Å². The predicted molar refractivity (Wildman–Crippen MR) is 131 cm³/mol. The molecule has 7 nitrogen and oxygen atoms in total. The smallest absolute Gasteiger partial charge is 0.336 e. The molecule has 2 heterocycles. The molecule has 1 N–H and O–H groups in total. The number of phenolic OH excluding ortho intramolecular Hbond substituents is 1. The normalized spacial score (nSPS) is 15.0. The van der Waals surface area contributed by atoms with Crippen LogP contribution in [-0.4, -0.2) is 53.7 Å². The molecule has 34 heavy (non-hydrogen) atoms. The fourth-order valence-corrected chi connectivity index (χ4v) is 4.54. The number of benzene rings is 2. The maximum atomic E-state index is 12.1. The first-order valence-corrected chi connectivity index (χ1v) is 11.9. The molecule has 1 aliphatic rings. The van der Waals surface area contributed by atoms with E-state index in [4.69, 9.17) is 9.15 Å². The number of esters is 1. The molecular weight excluding hydrogens is 432 g/mol. The number of carbonyl (C=O) groups is 1. The summed E-state index contributed by atoms with van der Waals surface area (Å²) < 4.78 is 10.6. The maximum absolute atomic E-state index is 12.1. The second kappa shape index (κ2) is 10.8. The largest absolute Gasteiger partial charge is 0.507 e. The molecule has 1 aliphatic heterocycles. The van der Waals surface area contributed by atoms with Gasteiger partial charge in [0.1, 0.15) is 11.3 Å². The summed E-state index contributed by atoms with van der Waals surface area (Å²) in [5.41, 5.74) is 3.35. The van der Waals surface area contributed by atoms with E-state index in [0.29, 0.717) is 36.3 Å². The van der Waals surface area contributed by atoms with Crippen LogP contribution in [0.5, 0.6) is 5.75 Å². The van der Waals surface area contributed by atoms with Gasteiger partial charge in [-0.05, 0) is 43.0 Å². The molecule has 0 unspecified atom stereocenters. The van der Waals surface area contributed by atoms with Gasteiger partial charge in [0.05, 0.1) is 12.2 Å². The van der Waals surface area contributed by atoms with Crippen LogP contribution in [0.4, 0.5) is 0 Å². The van der Waals surface area contributed by atoms with E-state index in [1.807, 2.05) is 19.1 Å². The van der Waals surface area contributed by atoms with Crippen LogP contribution in [0.25, 0.3) is 11.0 Å². The lowest BCUT2D eigenvalue weighted by atomic mass is 9.98. The Morgan fingerprint density at radius 3 is 2.41 bits per heavy atom. The molecule has 0 bridgehead atoms. The summed E-state index contributed by atoms with van der Waals surface area (Å²) in [5.74, 6) is -0.202. The average molecular weight is 465 g/mol. The Morgan fingerprint density at radius 1 is 1.06 bits per heavy atom. The molecule has 1 fully saturated rings. The molecule has 1 saturated heterocycles. The Morgan fingerprint density at radius 2 is 1.74 bits per heavy atom. The monoisotopic (exact) mass is 464 g/mol. The van der Waals surface area contributed by atoms with Gasteiger partial charge < -0.3 is 14.3 Å². The number of hydrogen-bond donors (Lipinski definition) is 1. The number of phenols is 1. The van der Waals surface area contributed by atoms with Gasteiger partial charge in [-0.25, -0.2) is 4.79 Å². The summed E-state index contributed by atoms with van der Waals surface area (Å²) in [6, 6.07) is 13.7. The van der Waals surface area contributed by atoms with E-state index < -0.39 is 5.63 Å². The zero-order valence-corrected chi connectivity index (χ0v) is 19.9. The van der Waals surface area contributed by atoms with Crippen LogP contribution in [0.15, 0.2) is 51.7 Å². The summed E-state index contributed by atoms with van der Waals surface area (Å²) in [4.78, 5) is 28.7. The lowest BCUT2D eigenvalue weighted by Crippen LogP contribution is -2.45. The molecule has 2 aromatic carbocycles. The van der Waals surface area contributed by atoms with Crippen LogP contribution in [0.1, 0.15) is 35.6 Å². The highest BCUT2D eigenvalue weighted by atomic mass is 16.5. The highest BCUT2D eigenvalue weighted by Gasteiger charge is 2.23. The topological polar surface area (TPSA) is 83.2 Å². The highest BCUT2D eigenvalue weighted by molar-refractivity contribution is 5.86. The first-order chi connectivity index (χ1) is 16.4. The van der Waals surface area contributed by atoms with Crippen LogP contribution in [-0.2, 0) is 29.0 Å². The molecule has 4 rings (SSSR count). The van der Waals surface area contributed by atoms with Crippen LogP contribution in [0.3, 0.4) is 0 Å². The number of rotatable bonds is 8. The van der Waals surface area contributed by atoms with Crippen LogP contribution >= 0.6 is 0 Å². The Labute approximate surface area is 199 Å². The van der Waals surface area contributed by atoms with E-state index in [1.54, 1.807) is 6.92 Å². The van der Waals surface area contributed by atoms with Crippen molar-refractivity contribution in [1.82, 2.24) is 9.80 Å². The van der Waals surface area contributed by atoms with Crippen molar-refractivity contribution < 1.29 is 19.1 Å². The van der Waals surface area contributed by atoms with E-state index in [-0.39, 0.29) is 18.1 Å². The van der Waals surface area contributed by atoms with Crippen molar-refractivity contribution in [1.29, 1.82) is 0 Å². The minimum absolute atomic E-state index is 0.0947. The molecule has 0 radical (unpaired) electrons. The minimum atomic E-state index is -0.433. The van der Waals surface area contributed by atoms with Crippen molar-refractivity contribution in [3.63, 3.8) is 0 Å². The lowest BCUT2D eigenvalue weighted by molar-refractivity contribution is -0.143. The molecule has 0 amide bonds. The zero-order chi connectivity index (χ0) is 24.1. The number of fused-ring (bicyclic) bond motifs is 1. The van der Waals surface area contributed by atoms with Crippen molar-refractivity contribution in [3.8, 4) is 5.75 Å². The Hall–Kier alpha value is -3.16. The Kier molecular flexibility index (Phi) is 7.65. The van der Waals surface area contributed by atoms with E-state index in [1.165, 1.54) is 11.6 Å². The molecule has 0 atom stereocenters. The summed E-state index contributed by atoms with van der Waals surface area (Å²) in [6.07, 6.45) is 0.539. The summed E-state index contributed by atoms with van der Waals surface area (Å²) in [5, 5.41) is 11.9. The standard InChI is InChI=1S/C27H32N2O5/c1-3-33-24(30)10-9-21-16-22-19(2)15-25(31)34-27(22)23(26(21)32)18-29-13-11-28(12-14-29)17-20-7-5-4-6-8-20/h4-8,15-16,32H,3,9-14,17-18H2,1-2H3. The lowest BCUT2D eigenvalue weighted by Gasteiger charge is -2.35. The maximum Gasteiger partial charge on any atom is 0.336 e. The number of hydrogen-bond acceptors (Lipinski definition) is 7. The van der Waals surface area contributed by atoms with Crippen molar-refractivity contribution in [2.75, 3.05) is 32.8 Å². The SMILES string of the molecule is CCOC(=O)CCc1cc2c(C)cc(=O)oc2c(CN2CCN(Cc3ccccc3)CC2)c1O. The molecule has 180 valence electrons. The fraction of sp³-hybridized carbons (Fsp3) is 0.407. The number of aromatic hydroxyl groups is 1. The summed E-state index contributed by atoms with van der Waals surface area (Å²) >= 11 is 0. The molecular formula is C27H32N2O5. The van der Waals surface area contributed by atoms with Gasteiger partial charge in [0.25, 0.3) is 0 Å². The van der Waals surface area contributed by atoms with Crippen LogP contribution in [0, 0.1) is 6.92 Å². The molecule has 7 heteroatoms. The zero-order valence-electron chi connectivity index (χ0n) is 19.9. The van der Waals surface area contributed by atoms with Crippen LogP contribution in [0.2, 0.25) is 0 Å². The number of aryl methyl sites for hydroxylation is 2. The van der Waals surface area contributed by atoms with Gasteiger partial charge in [-0.1, -0.05) is 30.3 Å². The van der Waals surface area contributed by atoms with Gasteiger partial charge in [-0.2, -0.15) is 0 Å². The third-order valence-electron chi connectivity index (χ3n) is 6.39. The number of piperazine rings is 1. The highest BCUT2D eigenvalue weighted by Crippen LogP contribution is 2.34. The first-order valence-electron chi connectivity index (χ1n) is 11.9. The van der Waals surface area contributed by atoms with E-state index >= 15 is 0 Å². The molecule has 0 aliphatic carbocycles. The molecule has 0 saturated carbocycles. The van der Waals surface area contributed by atoms with Crippen molar-refractivity contribution in [3.05, 3.63) is 75.1 Å². The number of nitrogens with zero attached hydrogens (tertiary/aromatic N) is 2. The van der Waals surface area contributed by atoms with E-state index in [9.17, 15) is 14.7 Å². The molecule has 1 aromatic heterocycles. The minimum Gasteiger partial charge on any atom is -0.507 e. The average Bonchev–Trinajstić information content (AvgIpc) is 2.82. The number of carbonyl (C=O) groups excluding carboxylic acids is 1. The van der Waals surface area contributed by atoms with E-state index in [2.05, 4.69) is 34.1 Å². The Bertz CT molecular complexity index is 1200. The van der Waals surface area contributed by atoms with Gasteiger partial charge in [0.2, 0.25) is 0 Å². The van der Waals surface area contributed by atoms with Crippen molar-refractivity contribution in [2.24, 2.45) is 0 Å². The Balaban J connectivity index is 1.54. The van der Waals surface area contributed by atoms with Crippen LogP contribution < -0.4 is 5.63 Å². The van der Waals surface area contributed by atoms with Gasteiger partial charge in [0, 0.05) is 57.1 Å². The molecule has 0 spiro atoms. The van der Waals surface area contributed by atoms with Crippen molar-refractivity contribution in [2.45, 2.75) is 39.8 Å². The van der Waals surface area contributed by atoms with E-state index in [0.717, 1.165) is 43.7 Å². The van der Waals surface area contributed by atoms with Gasteiger partial charge in [-0.3, -0.25) is 14.6 Å². The fourth-order valence-electron chi connectivity index (χ4n) is 4.54. The van der Waals surface area contributed by atoms with Crippen molar-refractivity contribution >= 4 is 16.9 Å². The van der Waals surface area contributed by atoms with Gasteiger partial charge in [0.15, 0.2) is 0 Å². The first kappa shape index (κ1) is 24.0. The summed E-state index contributed by atoms with van der Waals surface area (Å²) in [7, 11) is 0. The molecule has 3 aromatic rings. The second-order valence-corrected chi connectivity index (χ2v) is 8.83.